The number of aryl methyl sites for hydroxylation is 1. The third-order valence-corrected chi connectivity index (χ3v) is 4.26. The number of rotatable bonds is 1. The first-order valence-electron chi connectivity index (χ1n) is 6.80. The average Bonchev–Trinajstić information content (AvgIpc) is 2.79. The van der Waals surface area contributed by atoms with E-state index >= 15 is 0 Å². The lowest BCUT2D eigenvalue weighted by atomic mass is 9.94. The fraction of sp³-hybridized carbons (Fsp3) is 0.643. The summed E-state index contributed by atoms with van der Waals surface area (Å²) in [7, 11) is 0. The van der Waals surface area contributed by atoms with Gasteiger partial charge in [-0.1, -0.05) is 19.3 Å². The van der Waals surface area contributed by atoms with Crippen LogP contribution in [0.1, 0.15) is 55.8 Å². The smallest absolute Gasteiger partial charge is 0.274 e. The quantitative estimate of drug-likeness (QED) is 0.808. The van der Waals surface area contributed by atoms with Gasteiger partial charge >= 0.3 is 0 Å². The molecule has 1 saturated carbocycles. The fourth-order valence-corrected chi connectivity index (χ4v) is 3.42. The number of aromatic nitrogens is 1. The van der Waals surface area contributed by atoms with Gasteiger partial charge in [-0.3, -0.25) is 4.79 Å². The maximum Gasteiger partial charge on any atom is 0.274 e. The molecular weight excluding hydrogens is 212 g/mol. The first-order valence-corrected chi connectivity index (χ1v) is 6.80. The lowest BCUT2D eigenvalue weighted by Gasteiger charge is -2.27. The SMILES string of the molecule is Nc1cc2c(n(C3CCCCC3)c1=O)CCC2. The van der Waals surface area contributed by atoms with Gasteiger partial charge in [0.05, 0.1) is 5.69 Å². The maximum absolute atomic E-state index is 12.3. The van der Waals surface area contributed by atoms with Crippen molar-refractivity contribution in [1.29, 1.82) is 0 Å². The van der Waals surface area contributed by atoms with Crippen LogP contribution in [-0.2, 0) is 12.8 Å². The Morgan fingerprint density at radius 2 is 1.88 bits per heavy atom. The molecule has 2 aliphatic carbocycles. The molecule has 0 spiro atoms. The van der Waals surface area contributed by atoms with Crippen LogP contribution in [0, 0.1) is 0 Å². The molecule has 1 fully saturated rings. The highest BCUT2D eigenvalue weighted by Crippen LogP contribution is 2.31. The van der Waals surface area contributed by atoms with Crippen molar-refractivity contribution >= 4 is 5.69 Å². The summed E-state index contributed by atoms with van der Waals surface area (Å²) in [6.45, 7) is 0. The monoisotopic (exact) mass is 232 g/mol. The van der Waals surface area contributed by atoms with E-state index in [1.54, 1.807) is 0 Å². The first-order chi connectivity index (χ1) is 8.27. The Morgan fingerprint density at radius 1 is 1.12 bits per heavy atom. The molecule has 0 bridgehead atoms. The van der Waals surface area contributed by atoms with Gasteiger partial charge in [0.2, 0.25) is 0 Å². The Balaban J connectivity index is 2.10. The van der Waals surface area contributed by atoms with Crippen LogP contribution in [0.4, 0.5) is 5.69 Å². The van der Waals surface area contributed by atoms with E-state index in [9.17, 15) is 4.79 Å². The fourth-order valence-electron chi connectivity index (χ4n) is 3.42. The van der Waals surface area contributed by atoms with E-state index in [0.717, 1.165) is 25.7 Å². The molecule has 0 aromatic carbocycles. The summed E-state index contributed by atoms with van der Waals surface area (Å²) in [6, 6.07) is 2.32. The standard InChI is InChI=1S/C14H20N2O/c15-12-9-10-5-4-8-13(10)16(14(12)17)11-6-2-1-3-7-11/h9,11H,1-8,15H2. The van der Waals surface area contributed by atoms with Crippen molar-refractivity contribution in [3.63, 3.8) is 0 Å². The van der Waals surface area contributed by atoms with E-state index < -0.39 is 0 Å². The summed E-state index contributed by atoms with van der Waals surface area (Å²) in [5.74, 6) is 0. The number of hydrogen-bond acceptors (Lipinski definition) is 2. The Hall–Kier alpha value is -1.25. The van der Waals surface area contributed by atoms with Gasteiger partial charge in [0.1, 0.15) is 0 Å². The molecule has 0 aliphatic heterocycles. The number of anilines is 1. The molecule has 0 radical (unpaired) electrons. The molecule has 3 rings (SSSR count). The lowest BCUT2D eigenvalue weighted by molar-refractivity contribution is 0.340. The van der Waals surface area contributed by atoms with Gasteiger partial charge in [0.25, 0.3) is 5.56 Å². The van der Waals surface area contributed by atoms with Crippen LogP contribution in [0.2, 0.25) is 0 Å². The van der Waals surface area contributed by atoms with Crippen molar-refractivity contribution < 1.29 is 0 Å². The molecule has 1 heterocycles. The van der Waals surface area contributed by atoms with Crippen LogP contribution in [0.25, 0.3) is 0 Å². The Morgan fingerprint density at radius 3 is 2.65 bits per heavy atom. The summed E-state index contributed by atoms with van der Waals surface area (Å²) in [5.41, 5.74) is 8.95. The summed E-state index contributed by atoms with van der Waals surface area (Å²) < 4.78 is 2.04. The second-order valence-electron chi connectivity index (χ2n) is 5.39. The van der Waals surface area contributed by atoms with Crippen molar-refractivity contribution in [3.8, 4) is 0 Å². The summed E-state index contributed by atoms with van der Waals surface area (Å²) >= 11 is 0. The van der Waals surface area contributed by atoms with Crippen LogP contribution >= 0.6 is 0 Å². The average molecular weight is 232 g/mol. The number of nitrogens with two attached hydrogens (primary N) is 1. The third-order valence-electron chi connectivity index (χ3n) is 4.26. The van der Waals surface area contributed by atoms with Crippen LogP contribution in [0.5, 0.6) is 0 Å². The molecule has 1 aromatic rings. The zero-order chi connectivity index (χ0) is 11.8. The number of pyridine rings is 1. The van der Waals surface area contributed by atoms with Gasteiger partial charge in [-0.25, -0.2) is 0 Å². The third kappa shape index (κ3) is 1.78. The number of hydrogen-bond donors (Lipinski definition) is 1. The van der Waals surface area contributed by atoms with Gasteiger partial charge in [0.15, 0.2) is 0 Å². The van der Waals surface area contributed by atoms with Crippen molar-refractivity contribution in [1.82, 2.24) is 4.57 Å². The molecular formula is C14H20N2O. The Kier molecular flexibility index (Phi) is 2.69. The summed E-state index contributed by atoms with van der Waals surface area (Å²) in [5, 5.41) is 0. The minimum absolute atomic E-state index is 0.0533. The van der Waals surface area contributed by atoms with Crippen LogP contribution in [-0.4, -0.2) is 4.57 Å². The Labute approximate surface area is 102 Å². The van der Waals surface area contributed by atoms with Crippen LogP contribution in [0.3, 0.4) is 0 Å². The van der Waals surface area contributed by atoms with Gasteiger partial charge in [-0.2, -0.15) is 0 Å². The van der Waals surface area contributed by atoms with Crippen molar-refractivity contribution in [2.75, 3.05) is 5.73 Å². The zero-order valence-electron chi connectivity index (χ0n) is 10.2. The number of nitrogen functional groups attached to an aromatic ring is 1. The topological polar surface area (TPSA) is 48.0 Å². The van der Waals surface area contributed by atoms with Gasteiger partial charge in [-0.15, -0.1) is 0 Å². The van der Waals surface area contributed by atoms with E-state index in [1.807, 2.05) is 10.6 Å². The molecule has 17 heavy (non-hydrogen) atoms. The van der Waals surface area contributed by atoms with Crippen LogP contribution in [0.15, 0.2) is 10.9 Å². The van der Waals surface area contributed by atoms with Crippen molar-refractivity contribution in [3.05, 3.63) is 27.7 Å². The number of fused-ring (bicyclic) bond motifs is 1. The Bertz CT molecular complexity index is 484. The summed E-state index contributed by atoms with van der Waals surface area (Å²) in [6.07, 6.45) is 9.43. The predicted molar refractivity (Wildman–Crippen MR) is 69.3 cm³/mol. The van der Waals surface area contributed by atoms with E-state index in [2.05, 4.69) is 0 Å². The predicted octanol–water partition coefficient (Wildman–Crippen LogP) is 2.42. The maximum atomic E-state index is 12.3. The highest BCUT2D eigenvalue weighted by Gasteiger charge is 2.24. The van der Waals surface area contributed by atoms with E-state index in [1.165, 1.54) is 36.9 Å². The second kappa shape index (κ2) is 4.21. The van der Waals surface area contributed by atoms with Crippen LogP contribution < -0.4 is 11.3 Å². The largest absolute Gasteiger partial charge is 0.394 e. The molecule has 0 unspecified atom stereocenters. The molecule has 92 valence electrons. The van der Waals surface area contributed by atoms with E-state index in [0.29, 0.717) is 11.7 Å². The molecule has 0 amide bonds. The number of nitrogens with zero attached hydrogens (tertiary/aromatic N) is 1. The molecule has 3 nitrogen and oxygen atoms in total. The minimum atomic E-state index is 0.0533. The molecule has 1 aromatic heterocycles. The second-order valence-corrected chi connectivity index (χ2v) is 5.39. The molecule has 0 saturated heterocycles. The lowest BCUT2D eigenvalue weighted by Crippen LogP contribution is -2.30. The van der Waals surface area contributed by atoms with Crippen molar-refractivity contribution in [2.24, 2.45) is 0 Å². The highest BCUT2D eigenvalue weighted by atomic mass is 16.1. The van der Waals surface area contributed by atoms with E-state index in [-0.39, 0.29) is 5.56 Å². The highest BCUT2D eigenvalue weighted by molar-refractivity contribution is 5.43. The molecule has 2 aliphatic rings. The molecule has 2 N–H and O–H groups in total. The van der Waals surface area contributed by atoms with Gasteiger partial charge < -0.3 is 10.3 Å². The zero-order valence-corrected chi connectivity index (χ0v) is 10.2. The van der Waals surface area contributed by atoms with Gasteiger partial charge in [-0.05, 0) is 43.7 Å². The molecule has 3 heteroatoms. The van der Waals surface area contributed by atoms with E-state index in [4.69, 9.17) is 5.73 Å². The minimum Gasteiger partial charge on any atom is -0.394 e. The van der Waals surface area contributed by atoms with Gasteiger partial charge in [0, 0.05) is 11.7 Å². The first kappa shape index (κ1) is 10.9. The molecule has 0 atom stereocenters. The normalized spacial score (nSPS) is 20.5. The summed E-state index contributed by atoms with van der Waals surface area (Å²) in [4.78, 5) is 12.3. The van der Waals surface area contributed by atoms with Crippen molar-refractivity contribution in [2.45, 2.75) is 57.4 Å².